The lowest BCUT2D eigenvalue weighted by Crippen LogP contribution is -2.34. The first kappa shape index (κ1) is 23.9. The lowest BCUT2D eigenvalue weighted by molar-refractivity contribution is 0.00904. The van der Waals surface area contributed by atoms with Gasteiger partial charge in [0.05, 0.1) is 39.6 Å². The van der Waals surface area contributed by atoms with Gasteiger partial charge in [0.2, 0.25) is 0 Å². The molecule has 0 aliphatic carbocycles. The number of rotatable bonds is 14. The highest BCUT2D eigenvalue weighted by atomic mass is 16.6. The maximum absolute atomic E-state index is 11.4. The van der Waals surface area contributed by atoms with Gasteiger partial charge in [0.25, 0.3) is 0 Å². The highest BCUT2D eigenvalue weighted by Gasteiger charge is 2.15. The Morgan fingerprint density at radius 2 is 1.43 bits per heavy atom. The predicted octanol–water partition coefficient (Wildman–Crippen LogP) is 2.45. The van der Waals surface area contributed by atoms with Crippen LogP contribution in [0.5, 0.6) is 5.75 Å². The van der Waals surface area contributed by atoms with Crippen LogP contribution in [-0.2, 0) is 18.9 Å². The van der Waals surface area contributed by atoms with Gasteiger partial charge in [-0.3, -0.25) is 4.79 Å². The van der Waals surface area contributed by atoms with Crippen molar-refractivity contribution in [1.29, 1.82) is 0 Å². The summed E-state index contributed by atoms with van der Waals surface area (Å²) < 4.78 is 26.7. The van der Waals surface area contributed by atoms with Crippen molar-refractivity contribution in [2.45, 2.75) is 26.4 Å². The summed E-state index contributed by atoms with van der Waals surface area (Å²) in [6, 6.07) is 6.89. The van der Waals surface area contributed by atoms with Crippen molar-refractivity contribution in [3.63, 3.8) is 0 Å². The van der Waals surface area contributed by atoms with Gasteiger partial charge in [-0.1, -0.05) is 0 Å². The minimum Gasteiger partial charge on any atom is -0.491 e. The van der Waals surface area contributed by atoms with E-state index in [0.29, 0.717) is 64.1 Å². The first-order valence-corrected chi connectivity index (χ1v) is 9.29. The number of carbonyl (C=O) groups excluding carboxylic acids is 2. The number of hydrogen-bond acceptors (Lipinski definition) is 7. The number of aldehydes is 1. The topological polar surface area (TPSA) is 92.3 Å². The molecule has 1 N–H and O–H groups in total. The number of amides is 1. The Morgan fingerprint density at radius 1 is 0.893 bits per heavy atom. The summed E-state index contributed by atoms with van der Waals surface area (Å²) in [5.41, 5.74) is 0.111. The molecule has 1 amide bonds. The van der Waals surface area contributed by atoms with E-state index in [4.69, 9.17) is 23.7 Å². The molecule has 0 atom stereocenters. The molecule has 0 unspecified atom stereocenters. The predicted molar refractivity (Wildman–Crippen MR) is 104 cm³/mol. The summed E-state index contributed by atoms with van der Waals surface area (Å²) in [5, 5.41) is 2.61. The van der Waals surface area contributed by atoms with Crippen LogP contribution >= 0.6 is 0 Å². The van der Waals surface area contributed by atoms with E-state index in [2.05, 4.69) is 5.32 Å². The van der Waals surface area contributed by atoms with Crippen LogP contribution in [0.4, 0.5) is 4.79 Å². The molecule has 8 nitrogen and oxygen atoms in total. The van der Waals surface area contributed by atoms with Crippen LogP contribution in [0.2, 0.25) is 0 Å². The zero-order valence-electron chi connectivity index (χ0n) is 16.9. The second-order valence-corrected chi connectivity index (χ2v) is 6.80. The van der Waals surface area contributed by atoms with Gasteiger partial charge in [-0.05, 0) is 45.0 Å². The normalized spacial score (nSPS) is 11.1. The Balaban J connectivity index is 1.84. The minimum atomic E-state index is -0.504. The van der Waals surface area contributed by atoms with Gasteiger partial charge in [-0.15, -0.1) is 0 Å². The van der Waals surface area contributed by atoms with Gasteiger partial charge < -0.3 is 29.0 Å². The summed E-state index contributed by atoms with van der Waals surface area (Å²) in [5.74, 6) is 0.698. The van der Waals surface area contributed by atoms with Crippen LogP contribution < -0.4 is 10.1 Å². The van der Waals surface area contributed by atoms with Crippen molar-refractivity contribution in [2.24, 2.45) is 0 Å². The highest BCUT2D eigenvalue weighted by Crippen LogP contribution is 2.10. The standard InChI is InChI=1S/C20H31NO7/c1-20(2,3)28-19(23)21-8-9-24-10-11-25-12-13-26-14-15-27-18-6-4-17(16-22)5-7-18/h4-7,16H,8-15H2,1-3H3,(H,21,23). The molecular weight excluding hydrogens is 366 g/mol. The Morgan fingerprint density at radius 3 is 1.96 bits per heavy atom. The van der Waals surface area contributed by atoms with Crippen LogP contribution in [-0.4, -0.2) is 70.8 Å². The van der Waals surface area contributed by atoms with E-state index in [-0.39, 0.29) is 0 Å². The van der Waals surface area contributed by atoms with Gasteiger partial charge in [0, 0.05) is 12.1 Å². The molecule has 0 aliphatic rings. The van der Waals surface area contributed by atoms with Crippen molar-refractivity contribution in [1.82, 2.24) is 5.32 Å². The molecule has 0 saturated carbocycles. The van der Waals surface area contributed by atoms with Gasteiger partial charge in [-0.25, -0.2) is 4.79 Å². The number of alkyl carbamates (subject to hydrolysis) is 1. The van der Waals surface area contributed by atoms with Crippen LogP contribution in [0.1, 0.15) is 31.1 Å². The van der Waals surface area contributed by atoms with Crippen molar-refractivity contribution in [2.75, 3.05) is 52.8 Å². The third-order valence-electron chi connectivity index (χ3n) is 3.17. The first-order chi connectivity index (χ1) is 13.4. The lowest BCUT2D eigenvalue weighted by atomic mass is 10.2. The summed E-state index contributed by atoms with van der Waals surface area (Å²) >= 11 is 0. The van der Waals surface area contributed by atoms with Gasteiger partial charge in [0.15, 0.2) is 0 Å². The van der Waals surface area contributed by atoms with Crippen LogP contribution in [0.3, 0.4) is 0 Å². The fraction of sp³-hybridized carbons (Fsp3) is 0.600. The molecule has 158 valence electrons. The molecular formula is C20H31NO7. The van der Waals surface area contributed by atoms with E-state index in [1.54, 1.807) is 24.3 Å². The smallest absolute Gasteiger partial charge is 0.407 e. The molecule has 0 saturated heterocycles. The lowest BCUT2D eigenvalue weighted by Gasteiger charge is -2.19. The molecule has 1 aromatic rings. The molecule has 1 rings (SSSR count). The van der Waals surface area contributed by atoms with E-state index in [1.807, 2.05) is 20.8 Å². The van der Waals surface area contributed by atoms with Crippen molar-refractivity contribution >= 4 is 12.4 Å². The number of benzene rings is 1. The van der Waals surface area contributed by atoms with E-state index < -0.39 is 11.7 Å². The monoisotopic (exact) mass is 397 g/mol. The van der Waals surface area contributed by atoms with Crippen molar-refractivity contribution in [3.05, 3.63) is 29.8 Å². The molecule has 0 bridgehead atoms. The zero-order chi connectivity index (χ0) is 20.7. The Kier molecular flexibility index (Phi) is 11.9. The first-order valence-electron chi connectivity index (χ1n) is 9.29. The van der Waals surface area contributed by atoms with Crippen molar-refractivity contribution < 1.29 is 33.3 Å². The van der Waals surface area contributed by atoms with Crippen LogP contribution in [0, 0.1) is 0 Å². The molecule has 28 heavy (non-hydrogen) atoms. The molecule has 1 aromatic carbocycles. The van der Waals surface area contributed by atoms with E-state index in [9.17, 15) is 9.59 Å². The summed E-state index contributed by atoms with van der Waals surface area (Å²) in [4.78, 5) is 22.0. The third kappa shape index (κ3) is 13.1. The number of hydrogen-bond donors (Lipinski definition) is 1. The number of carbonyl (C=O) groups is 2. The summed E-state index contributed by atoms with van der Waals surface area (Å²) in [6.07, 6.45) is 0.338. The fourth-order valence-electron chi connectivity index (χ4n) is 1.94. The SMILES string of the molecule is CC(C)(C)OC(=O)NCCOCCOCCOCCOc1ccc(C=O)cc1. The molecule has 0 aliphatic heterocycles. The van der Waals surface area contributed by atoms with Crippen molar-refractivity contribution in [3.8, 4) is 5.75 Å². The molecule has 0 spiro atoms. The molecule has 0 heterocycles. The zero-order valence-corrected chi connectivity index (χ0v) is 16.9. The average Bonchev–Trinajstić information content (AvgIpc) is 2.64. The van der Waals surface area contributed by atoms with Gasteiger partial charge in [-0.2, -0.15) is 0 Å². The highest BCUT2D eigenvalue weighted by molar-refractivity contribution is 5.74. The Bertz CT molecular complexity index is 555. The fourth-order valence-corrected chi connectivity index (χ4v) is 1.94. The number of ether oxygens (including phenoxy) is 5. The van der Waals surface area contributed by atoms with Gasteiger partial charge in [0.1, 0.15) is 24.2 Å². The van der Waals surface area contributed by atoms with Gasteiger partial charge >= 0.3 is 6.09 Å². The maximum Gasteiger partial charge on any atom is 0.407 e. The van der Waals surface area contributed by atoms with E-state index in [1.165, 1.54) is 0 Å². The van der Waals surface area contributed by atoms with Crippen LogP contribution in [0.25, 0.3) is 0 Å². The van der Waals surface area contributed by atoms with E-state index >= 15 is 0 Å². The third-order valence-corrected chi connectivity index (χ3v) is 3.17. The second-order valence-electron chi connectivity index (χ2n) is 6.80. The minimum absolute atomic E-state index is 0.385. The molecule has 8 heteroatoms. The molecule has 0 radical (unpaired) electrons. The second kappa shape index (κ2) is 13.9. The summed E-state index contributed by atoms with van der Waals surface area (Å²) in [6.45, 7) is 8.91. The molecule has 0 fully saturated rings. The maximum atomic E-state index is 11.4. The van der Waals surface area contributed by atoms with Crippen LogP contribution in [0.15, 0.2) is 24.3 Å². The number of nitrogens with one attached hydrogen (secondary N) is 1. The Hall–Kier alpha value is -2.16. The van der Waals surface area contributed by atoms with E-state index in [0.717, 1.165) is 6.29 Å². The average molecular weight is 397 g/mol. The summed E-state index contributed by atoms with van der Waals surface area (Å²) in [7, 11) is 0. The largest absolute Gasteiger partial charge is 0.491 e. The molecule has 0 aromatic heterocycles. The quantitative estimate of drug-likeness (QED) is 0.381. The Labute approximate surface area is 166 Å².